The van der Waals surface area contributed by atoms with Gasteiger partial charge >= 0.3 is 5.97 Å². The molecule has 3 nitrogen and oxygen atoms in total. The standard InChI is InChI=1S/C18H19ClO3/c1-2-3-4-5-6-7-16-15(17(20)18(21)22-16)12-13-8-10-14(19)11-9-13/h8-11,16,20H,2-5,12H2,1H3. The van der Waals surface area contributed by atoms with E-state index in [1.807, 2.05) is 12.1 Å². The molecule has 2 rings (SSSR count). The van der Waals surface area contributed by atoms with Crippen molar-refractivity contribution in [1.29, 1.82) is 0 Å². The van der Waals surface area contributed by atoms with Crippen LogP contribution in [0.25, 0.3) is 0 Å². The summed E-state index contributed by atoms with van der Waals surface area (Å²) in [6.45, 7) is 2.14. The number of hydrogen-bond acceptors (Lipinski definition) is 3. The number of cyclic esters (lactones) is 1. The summed E-state index contributed by atoms with van der Waals surface area (Å²) >= 11 is 5.86. The summed E-state index contributed by atoms with van der Waals surface area (Å²) in [5.74, 6) is 4.97. The Kier molecular flexibility index (Phi) is 5.91. The van der Waals surface area contributed by atoms with Crippen LogP contribution < -0.4 is 0 Å². The minimum absolute atomic E-state index is 0.317. The zero-order valence-electron chi connectivity index (χ0n) is 12.6. The number of benzene rings is 1. The van der Waals surface area contributed by atoms with E-state index in [2.05, 4.69) is 18.8 Å². The molecule has 1 heterocycles. The van der Waals surface area contributed by atoms with E-state index in [1.54, 1.807) is 12.1 Å². The third-order valence-corrected chi connectivity index (χ3v) is 3.74. The van der Waals surface area contributed by atoms with Crippen molar-refractivity contribution in [3.63, 3.8) is 0 Å². The van der Waals surface area contributed by atoms with Gasteiger partial charge in [-0.1, -0.05) is 55.3 Å². The Morgan fingerprint density at radius 3 is 2.68 bits per heavy atom. The highest BCUT2D eigenvalue weighted by molar-refractivity contribution is 6.30. The number of unbranched alkanes of at least 4 members (excludes halogenated alkanes) is 3. The molecule has 0 amide bonds. The fraction of sp³-hybridized carbons (Fsp3) is 0.389. The molecule has 1 aromatic rings. The second-order valence-corrected chi connectivity index (χ2v) is 5.68. The molecular formula is C18H19ClO3. The monoisotopic (exact) mass is 318 g/mol. The maximum Gasteiger partial charge on any atom is 0.375 e. The summed E-state index contributed by atoms with van der Waals surface area (Å²) in [5, 5.41) is 10.5. The lowest BCUT2D eigenvalue weighted by Gasteiger charge is -2.07. The van der Waals surface area contributed by atoms with Crippen molar-refractivity contribution in [2.24, 2.45) is 0 Å². The van der Waals surface area contributed by atoms with Gasteiger partial charge < -0.3 is 9.84 Å². The number of esters is 1. The van der Waals surface area contributed by atoms with Crippen LogP contribution >= 0.6 is 11.6 Å². The number of aliphatic hydroxyl groups is 1. The van der Waals surface area contributed by atoms with E-state index in [0.29, 0.717) is 17.0 Å². The van der Waals surface area contributed by atoms with E-state index >= 15 is 0 Å². The fourth-order valence-corrected chi connectivity index (χ4v) is 2.36. The number of ether oxygens (including phenoxy) is 1. The second-order valence-electron chi connectivity index (χ2n) is 5.24. The van der Waals surface area contributed by atoms with Crippen molar-refractivity contribution in [2.45, 2.75) is 45.1 Å². The summed E-state index contributed by atoms with van der Waals surface area (Å²) < 4.78 is 5.13. The first-order valence-corrected chi connectivity index (χ1v) is 7.85. The van der Waals surface area contributed by atoms with Gasteiger partial charge in [0.25, 0.3) is 0 Å². The lowest BCUT2D eigenvalue weighted by molar-refractivity contribution is -0.140. The Morgan fingerprint density at radius 2 is 2.00 bits per heavy atom. The van der Waals surface area contributed by atoms with Gasteiger partial charge in [0.05, 0.1) is 0 Å². The van der Waals surface area contributed by atoms with Gasteiger partial charge in [-0.25, -0.2) is 4.79 Å². The van der Waals surface area contributed by atoms with Crippen LogP contribution in [0.4, 0.5) is 0 Å². The molecule has 22 heavy (non-hydrogen) atoms. The molecule has 1 N–H and O–H groups in total. The third kappa shape index (κ3) is 4.29. The van der Waals surface area contributed by atoms with Crippen LogP contribution in [0.2, 0.25) is 5.02 Å². The molecule has 0 radical (unpaired) electrons. The molecule has 1 aliphatic heterocycles. The Bertz CT molecular complexity index is 620. The maximum atomic E-state index is 11.6. The quantitative estimate of drug-likeness (QED) is 0.502. The van der Waals surface area contributed by atoms with Crippen molar-refractivity contribution in [1.82, 2.24) is 0 Å². The molecule has 0 spiro atoms. The minimum Gasteiger partial charge on any atom is -0.502 e. The number of rotatable bonds is 5. The molecule has 0 aromatic heterocycles. The topological polar surface area (TPSA) is 46.5 Å². The highest BCUT2D eigenvalue weighted by atomic mass is 35.5. The van der Waals surface area contributed by atoms with E-state index in [-0.39, 0.29) is 5.76 Å². The molecule has 0 saturated carbocycles. The summed E-state index contributed by atoms with van der Waals surface area (Å²) in [7, 11) is 0. The molecule has 1 aromatic carbocycles. The fourth-order valence-electron chi connectivity index (χ4n) is 2.23. The summed E-state index contributed by atoms with van der Waals surface area (Å²) in [6.07, 6.45) is 3.86. The number of hydrogen-bond donors (Lipinski definition) is 1. The van der Waals surface area contributed by atoms with Crippen molar-refractivity contribution in [2.75, 3.05) is 0 Å². The summed E-state index contributed by atoms with van der Waals surface area (Å²) in [5.41, 5.74) is 1.47. The van der Waals surface area contributed by atoms with Crippen molar-refractivity contribution >= 4 is 17.6 Å². The van der Waals surface area contributed by atoms with E-state index < -0.39 is 12.1 Å². The van der Waals surface area contributed by atoms with Gasteiger partial charge in [0, 0.05) is 23.4 Å². The van der Waals surface area contributed by atoms with Gasteiger partial charge in [-0.15, -0.1) is 0 Å². The van der Waals surface area contributed by atoms with Gasteiger partial charge in [-0.3, -0.25) is 0 Å². The Labute approximate surface area is 135 Å². The van der Waals surface area contributed by atoms with Gasteiger partial charge in [-0.2, -0.15) is 0 Å². The predicted octanol–water partition coefficient (Wildman–Crippen LogP) is 4.20. The van der Waals surface area contributed by atoms with E-state index in [9.17, 15) is 9.90 Å². The van der Waals surface area contributed by atoms with Crippen molar-refractivity contribution in [3.05, 3.63) is 46.2 Å². The van der Waals surface area contributed by atoms with Gasteiger partial charge in [0.15, 0.2) is 6.10 Å². The van der Waals surface area contributed by atoms with Crippen LogP contribution in [0.3, 0.4) is 0 Å². The maximum absolute atomic E-state index is 11.6. The normalized spacial score (nSPS) is 17.2. The van der Waals surface area contributed by atoms with Crippen molar-refractivity contribution < 1.29 is 14.6 Å². The lowest BCUT2D eigenvalue weighted by Crippen LogP contribution is -2.10. The second kappa shape index (κ2) is 7.91. The van der Waals surface area contributed by atoms with Crippen molar-refractivity contribution in [3.8, 4) is 11.8 Å². The smallest absolute Gasteiger partial charge is 0.375 e. The Balaban J connectivity index is 2.07. The molecule has 0 fully saturated rings. The lowest BCUT2D eigenvalue weighted by atomic mass is 10.0. The molecule has 1 aliphatic rings. The molecule has 0 saturated heterocycles. The zero-order chi connectivity index (χ0) is 15.9. The molecule has 116 valence electrons. The number of halogens is 1. The molecular weight excluding hydrogens is 300 g/mol. The average Bonchev–Trinajstić information content (AvgIpc) is 2.77. The van der Waals surface area contributed by atoms with Crippen LogP contribution in [0.1, 0.15) is 38.2 Å². The molecule has 1 unspecified atom stereocenters. The highest BCUT2D eigenvalue weighted by Crippen LogP contribution is 2.25. The summed E-state index contributed by atoms with van der Waals surface area (Å²) in [6, 6.07) is 7.27. The molecule has 0 aliphatic carbocycles. The van der Waals surface area contributed by atoms with Gasteiger partial charge in [-0.05, 0) is 24.1 Å². The molecule has 1 atom stereocenters. The highest BCUT2D eigenvalue weighted by Gasteiger charge is 2.32. The SMILES string of the molecule is CCCCCC#CC1OC(=O)C(O)=C1Cc1ccc(Cl)cc1. The van der Waals surface area contributed by atoms with Gasteiger partial charge in [0.1, 0.15) is 0 Å². The van der Waals surface area contributed by atoms with Crippen LogP contribution in [-0.2, 0) is 16.0 Å². The first-order valence-electron chi connectivity index (χ1n) is 7.47. The van der Waals surface area contributed by atoms with E-state index in [4.69, 9.17) is 16.3 Å². The first kappa shape index (κ1) is 16.5. The number of carbonyl (C=O) groups is 1. The van der Waals surface area contributed by atoms with Crippen LogP contribution in [0, 0.1) is 11.8 Å². The van der Waals surface area contributed by atoms with Crippen LogP contribution in [0.5, 0.6) is 0 Å². The zero-order valence-corrected chi connectivity index (χ0v) is 13.3. The molecule has 0 bridgehead atoms. The van der Waals surface area contributed by atoms with Crippen LogP contribution in [-0.4, -0.2) is 17.2 Å². The Hall–Kier alpha value is -1.92. The van der Waals surface area contributed by atoms with Crippen LogP contribution in [0.15, 0.2) is 35.6 Å². The summed E-state index contributed by atoms with van der Waals surface area (Å²) in [4.78, 5) is 11.6. The largest absolute Gasteiger partial charge is 0.502 e. The predicted molar refractivity (Wildman–Crippen MR) is 86.6 cm³/mol. The minimum atomic E-state index is -0.697. The van der Waals surface area contributed by atoms with E-state index in [1.165, 1.54) is 0 Å². The number of carbonyl (C=O) groups excluding carboxylic acids is 1. The average molecular weight is 319 g/mol. The van der Waals surface area contributed by atoms with E-state index in [0.717, 1.165) is 31.2 Å². The van der Waals surface area contributed by atoms with Gasteiger partial charge in [0.2, 0.25) is 5.76 Å². The third-order valence-electron chi connectivity index (χ3n) is 3.49. The number of aliphatic hydroxyl groups excluding tert-OH is 1. The first-order chi connectivity index (χ1) is 10.6. The molecule has 4 heteroatoms. The Morgan fingerprint density at radius 1 is 1.27 bits per heavy atom.